The lowest BCUT2D eigenvalue weighted by atomic mass is 10.2. The summed E-state index contributed by atoms with van der Waals surface area (Å²) in [5.41, 5.74) is 1.20. The Morgan fingerprint density at radius 1 is 1.33 bits per heavy atom. The maximum Gasteiger partial charge on any atom is 0.0502 e. The smallest absolute Gasteiger partial charge is 0.0502 e. The minimum absolute atomic E-state index is 0.823. The van der Waals surface area contributed by atoms with Gasteiger partial charge in [-0.1, -0.05) is 11.6 Å². The van der Waals surface area contributed by atoms with Gasteiger partial charge in [-0.25, -0.2) is 0 Å². The van der Waals surface area contributed by atoms with Crippen LogP contribution in [-0.4, -0.2) is 13.2 Å². The summed E-state index contributed by atoms with van der Waals surface area (Å²) < 4.78 is 5.40. The van der Waals surface area contributed by atoms with Gasteiger partial charge in [0, 0.05) is 6.61 Å². The van der Waals surface area contributed by atoms with Gasteiger partial charge in [-0.05, 0) is 32.6 Å². The van der Waals surface area contributed by atoms with Crippen molar-refractivity contribution >= 4 is 0 Å². The summed E-state index contributed by atoms with van der Waals surface area (Å²) in [6.45, 7) is 11.2. The van der Waals surface area contributed by atoms with E-state index in [1.165, 1.54) is 12.0 Å². The molecule has 0 aromatic heterocycles. The van der Waals surface area contributed by atoms with Gasteiger partial charge in [0.1, 0.15) is 0 Å². The van der Waals surface area contributed by atoms with E-state index in [1.54, 1.807) is 0 Å². The molecule has 0 aliphatic rings. The Kier molecular flexibility index (Phi) is 8.14. The summed E-state index contributed by atoms with van der Waals surface area (Å²) >= 11 is 0. The van der Waals surface area contributed by atoms with Gasteiger partial charge in [0.25, 0.3) is 0 Å². The van der Waals surface area contributed by atoms with E-state index >= 15 is 0 Å². The molecule has 0 rings (SSSR count). The molecule has 0 spiro atoms. The van der Waals surface area contributed by atoms with E-state index in [0.29, 0.717) is 0 Å². The highest BCUT2D eigenvalue weighted by atomic mass is 16.5. The van der Waals surface area contributed by atoms with Gasteiger partial charge < -0.3 is 4.74 Å². The van der Waals surface area contributed by atoms with Crippen molar-refractivity contribution in [2.24, 2.45) is 0 Å². The second-order valence-electron chi connectivity index (χ2n) is 3.10. The van der Waals surface area contributed by atoms with Gasteiger partial charge >= 0.3 is 0 Å². The van der Waals surface area contributed by atoms with Gasteiger partial charge in [-0.15, -0.1) is 13.2 Å². The highest BCUT2D eigenvalue weighted by Gasteiger charge is 1.89. The Balaban J connectivity index is 2.90. The molecular formula is C11H20O. The Morgan fingerprint density at radius 2 is 2.08 bits per heavy atom. The fourth-order valence-corrected chi connectivity index (χ4v) is 0.841. The van der Waals surface area contributed by atoms with Crippen molar-refractivity contribution in [1.82, 2.24) is 0 Å². The molecule has 1 nitrogen and oxygen atoms in total. The van der Waals surface area contributed by atoms with Gasteiger partial charge in [0.2, 0.25) is 0 Å². The van der Waals surface area contributed by atoms with Crippen LogP contribution in [0.1, 0.15) is 32.6 Å². The monoisotopic (exact) mass is 168 g/mol. The average molecular weight is 168 g/mol. The molecular weight excluding hydrogens is 148 g/mol. The van der Waals surface area contributed by atoms with Gasteiger partial charge in [0.05, 0.1) is 6.61 Å². The first-order valence-corrected chi connectivity index (χ1v) is 4.60. The van der Waals surface area contributed by atoms with Crippen molar-refractivity contribution in [2.45, 2.75) is 32.6 Å². The average Bonchev–Trinajstić information content (AvgIpc) is 2.02. The second kappa shape index (κ2) is 8.54. The zero-order chi connectivity index (χ0) is 9.23. The predicted molar refractivity (Wildman–Crippen MR) is 54.3 cm³/mol. The normalized spacial score (nSPS) is 9.75. The van der Waals surface area contributed by atoms with Crippen LogP contribution in [0.3, 0.4) is 0 Å². The lowest BCUT2D eigenvalue weighted by Crippen LogP contribution is -1.96. The fourth-order valence-electron chi connectivity index (χ4n) is 0.841. The highest BCUT2D eigenvalue weighted by Crippen LogP contribution is 1.99. The molecule has 0 amide bonds. The Morgan fingerprint density at radius 3 is 2.67 bits per heavy atom. The van der Waals surface area contributed by atoms with Crippen molar-refractivity contribution in [2.75, 3.05) is 13.2 Å². The van der Waals surface area contributed by atoms with Gasteiger partial charge in [-0.2, -0.15) is 0 Å². The Hall–Kier alpha value is -0.560. The molecule has 0 atom stereocenters. The second-order valence-corrected chi connectivity index (χ2v) is 3.10. The van der Waals surface area contributed by atoms with E-state index in [1.807, 2.05) is 13.0 Å². The van der Waals surface area contributed by atoms with E-state index in [9.17, 15) is 0 Å². The van der Waals surface area contributed by atoms with Crippen LogP contribution in [0.15, 0.2) is 24.8 Å². The zero-order valence-corrected chi connectivity index (χ0v) is 8.14. The van der Waals surface area contributed by atoms with Crippen LogP contribution in [0, 0.1) is 0 Å². The van der Waals surface area contributed by atoms with Crippen LogP contribution >= 0.6 is 0 Å². The number of hydrogen-bond acceptors (Lipinski definition) is 1. The van der Waals surface area contributed by atoms with E-state index in [2.05, 4.69) is 13.2 Å². The summed E-state index contributed by atoms with van der Waals surface area (Å²) in [6.07, 6.45) is 6.37. The third-order valence-corrected chi connectivity index (χ3v) is 1.62. The van der Waals surface area contributed by atoms with Crippen molar-refractivity contribution in [3.05, 3.63) is 24.8 Å². The number of unbranched alkanes of at least 4 members (excludes halogenated alkanes) is 2. The highest BCUT2D eigenvalue weighted by molar-refractivity contribution is 4.86. The van der Waals surface area contributed by atoms with Crippen LogP contribution in [0.5, 0.6) is 0 Å². The molecule has 0 saturated carbocycles. The van der Waals surface area contributed by atoms with Crippen LogP contribution in [0.2, 0.25) is 0 Å². The van der Waals surface area contributed by atoms with E-state index in [4.69, 9.17) is 4.74 Å². The number of ether oxygens (including phenoxy) is 1. The van der Waals surface area contributed by atoms with Crippen molar-refractivity contribution in [3.8, 4) is 0 Å². The summed E-state index contributed by atoms with van der Waals surface area (Å²) in [7, 11) is 0. The topological polar surface area (TPSA) is 9.23 Å². The standard InChI is InChI=1S/C11H20O/c1-4-5-6-7-9-12-10-8-11(2)3/h4H,1-2,5-10H2,3H3. The molecule has 0 radical (unpaired) electrons. The van der Waals surface area contributed by atoms with E-state index in [-0.39, 0.29) is 0 Å². The molecule has 0 saturated heterocycles. The quantitative estimate of drug-likeness (QED) is 0.399. The van der Waals surface area contributed by atoms with Crippen LogP contribution < -0.4 is 0 Å². The summed E-state index contributed by atoms with van der Waals surface area (Å²) in [5, 5.41) is 0. The zero-order valence-electron chi connectivity index (χ0n) is 8.14. The Labute approximate surface area is 76.1 Å². The first-order chi connectivity index (χ1) is 5.77. The summed E-state index contributed by atoms with van der Waals surface area (Å²) in [6, 6.07) is 0. The maximum atomic E-state index is 5.40. The molecule has 1 heteroatoms. The van der Waals surface area contributed by atoms with E-state index < -0.39 is 0 Å². The van der Waals surface area contributed by atoms with Crippen LogP contribution in [0.4, 0.5) is 0 Å². The molecule has 0 aliphatic heterocycles. The summed E-state index contributed by atoms with van der Waals surface area (Å²) in [5.74, 6) is 0. The first kappa shape index (κ1) is 11.4. The number of hydrogen-bond donors (Lipinski definition) is 0. The number of allylic oxidation sites excluding steroid dienone is 1. The van der Waals surface area contributed by atoms with Crippen LogP contribution in [-0.2, 0) is 4.74 Å². The molecule has 12 heavy (non-hydrogen) atoms. The molecule has 0 aliphatic carbocycles. The lowest BCUT2D eigenvalue weighted by molar-refractivity contribution is 0.133. The Bertz CT molecular complexity index is 127. The summed E-state index contributed by atoms with van der Waals surface area (Å²) in [4.78, 5) is 0. The lowest BCUT2D eigenvalue weighted by Gasteiger charge is -2.02. The molecule has 0 heterocycles. The van der Waals surface area contributed by atoms with E-state index in [0.717, 1.165) is 32.5 Å². The SMILES string of the molecule is C=CCCCCOCCC(=C)C. The third-order valence-electron chi connectivity index (χ3n) is 1.62. The van der Waals surface area contributed by atoms with Crippen molar-refractivity contribution in [1.29, 1.82) is 0 Å². The first-order valence-electron chi connectivity index (χ1n) is 4.60. The third kappa shape index (κ3) is 9.44. The largest absolute Gasteiger partial charge is 0.381 e. The predicted octanol–water partition coefficient (Wildman–Crippen LogP) is 3.33. The molecule has 0 unspecified atom stereocenters. The molecule has 0 aromatic rings. The molecule has 0 N–H and O–H groups in total. The fraction of sp³-hybridized carbons (Fsp3) is 0.636. The van der Waals surface area contributed by atoms with Gasteiger partial charge in [-0.3, -0.25) is 0 Å². The van der Waals surface area contributed by atoms with Gasteiger partial charge in [0.15, 0.2) is 0 Å². The maximum absolute atomic E-state index is 5.40. The molecule has 0 bridgehead atoms. The van der Waals surface area contributed by atoms with Crippen LogP contribution in [0.25, 0.3) is 0 Å². The molecule has 0 fully saturated rings. The molecule has 0 aromatic carbocycles. The minimum atomic E-state index is 0.823. The van der Waals surface area contributed by atoms with Crippen molar-refractivity contribution < 1.29 is 4.74 Å². The number of rotatable bonds is 8. The molecule has 70 valence electrons. The van der Waals surface area contributed by atoms with Crippen molar-refractivity contribution in [3.63, 3.8) is 0 Å². The minimum Gasteiger partial charge on any atom is -0.381 e.